The minimum Gasteiger partial charge on any atom is -0.336 e. The molecule has 6 heteroatoms. The van der Waals surface area contributed by atoms with E-state index in [-0.39, 0.29) is 16.1 Å². The predicted molar refractivity (Wildman–Crippen MR) is 74.2 cm³/mol. The fourth-order valence-electron chi connectivity index (χ4n) is 2.35. The first-order chi connectivity index (χ1) is 9.34. The molecule has 0 unspecified atom stereocenters. The Morgan fingerprint density at radius 1 is 1.05 bits per heavy atom. The van der Waals surface area contributed by atoms with Gasteiger partial charge in [-0.15, -0.1) is 0 Å². The maximum atomic E-state index is 14.1. The van der Waals surface area contributed by atoms with Gasteiger partial charge in [0, 0.05) is 31.7 Å². The molecule has 20 heavy (non-hydrogen) atoms. The number of benzene rings is 1. The van der Waals surface area contributed by atoms with Crippen molar-refractivity contribution < 1.29 is 13.6 Å². The Bertz CT molecular complexity index is 526. The molecule has 110 valence electrons. The van der Waals surface area contributed by atoms with Crippen molar-refractivity contribution in [1.29, 1.82) is 0 Å². The van der Waals surface area contributed by atoms with E-state index >= 15 is 0 Å². The molecule has 0 bridgehead atoms. The SMILES string of the molecule is Cc1c(F)c(F)c(C(=O)N2CCN(C)CC2)c(C)c1Cl. The van der Waals surface area contributed by atoms with Gasteiger partial charge in [0.2, 0.25) is 0 Å². The third-order valence-electron chi connectivity index (χ3n) is 3.78. The lowest BCUT2D eigenvalue weighted by Gasteiger charge is -2.33. The van der Waals surface area contributed by atoms with E-state index in [4.69, 9.17) is 11.6 Å². The summed E-state index contributed by atoms with van der Waals surface area (Å²) in [7, 11) is 1.95. The molecule has 1 amide bonds. The molecule has 1 fully saturated rings. The van der Waals surface area contributed by atoms with Crippen LogP contribution >= 0.6 is 11.6 Å². The van der Waals surface area contributed by atoms with Crippen LogP contribution in [0.15, 0.2) is 0 Å². The van der Waals surface area contributed by atoms with Crippen LogP contribution in [0.5, 0.6) is 0 Å². The highest BCUT2D eigenvalue weighted by atomic mass is 35.5. The second-order valence-corrected chi connectivity index (χ2v) is 5.54. The van der Waals surface area contributed by atoms with Crippen LogP contribution in [0.2, 0.25) is 5.02 Å². The van der Waals surface area contributed by atoms with Crippen LogP contribution in [-0.4, -0.2) is 48.9 Å². The molecule has 1 heterocycles. The first-order valence-electron chi connectivity index (χ1n) is 6.46. The van der Waals surface area contributed by atoms with Gasteiger partial charge in [-0.3, -0.25) is 4.79 Å². The molecule has 0 atom stereocenters. The first-order valence-corrected chi connectivity index (χ1v) is 6.83. The Hall–Kier alpha value is -1.20. The number of piperazine rings is 1. The number of hydrogen-bond donors (Lipinski definition) is 0. The number of likely N-dealkylation sites (N-methyl/N-ethyl adjacent to an activating group) is 1. The lowest BCUT2D eigenvalue weighted by molar-refractivity contribution is 0.0657. The molecular formula is C14H17ClF2N2O. The quantitative estimate of drug-likeness (QED) is 0.745. The highest BCUT2D eigenvalue weighted by Crippen LogP contribution is 2.30. The maximum absolute atomic E-state index is 14.1. The van der Waals surface area contributed by atoms with Crippen molar-refractivity contribution in [3.05, 3.63) is 33.3 Å². The van der Waals surface area contributed by atoms with Crippen molar-refractivity contribution in [2.24, 2.45) is 0 Å². The molecule has 2 rings (SSSR count). The number of amides is 1. The van der Waals surface area contributed by atoms with E-state index in [0.717, 1.165) is 0 Å². The maximum Gasteiger partial charge on any atom is 0.257 e. The van der Waals surface area contributed by atoms with E-state index in [0.29, 0.717) is 31.7 Å². The van der Waals surface area contributed by atoms with Gasteiger partial charge in [-0.1, -0.05) is 11.6 Å². The van der Waals surface area contributed by atoms with Crippen molar-refractivity contribution >= 4 is 17.5 Å². The summed E-state index contributed by atoms with van der Waals surface area (Å²) >= 11 is 5.98. The summed E-state index contributed by atoms with van der Waals surface area (Å²) in [6.45, 7) is 5.38. The normalized spacial score (nSPS) is 16.6. The van der Waals surface area contributed by atoms with Crippen LogP contribution in [0.4, 0.5) is 8.78 Å². The largest absolute Gasteiger partial charge is 0.336 e. The Kier molecular flexibility index (Phi) is 4.30. The topological polar surface area (TPSA) is 23.6 Å². The third kappa shape index (κ3) is 2.52. The lowest BCUT2D eigenvalue weighted by atomic mass is 10.0. The molecule has 1 saturated heterocycles. The number of rotatable bonds is 1. The van der Waals surface area contributed by atoms with Gasteiger partial charge in [0.25, 0.3) is 5.91 Å². The summed E-state index contributed by atoms with van der Waals surface area (Å²) < 4.78 is 27.9. The van der Waals surface area contributed by atoms with Crippen molar-refractivity contribution in [2.45, 2.75) is 13.8 Å². The van der Waals surface area contributed by atoms with Gasteiger partial charge >= 0.3 is 0 Å². The van der Waals surface area contributed by atoms with Gasteiger partial charge in [0.15, 0.2) is 11.6 Å². The number of carbonyl (C=O) groups excluding carboxylic acids is 1. The molecule has 3 nitrogen and oxygen atoms in total. The lowest BCUT2D eigenvalue weighted by Crippen LogP contribution is -2.47. The Labute approximate surface area is 122 Å². The van der Waals surface area contributed by atoms with E-state index in [9.17, 15) is 13.6 Å². The molecule has 0 saturated carbocycles. The zero-order chi connectivity index (χ0) is 15.0. The van der Waals surface area contributed by atoms with Crippen LogP contribution in [0.3, 0.4) is 0 Å². The van der Waals surface area contributed by atoms with Crippen LogP contribution < -0.4 is 0 Å². The summed E-state index contributed by atoms with van der Waals surface area (Å²) in [5.41, 5.74) is 0.0891. The van der Waals surface area contributed by atoms with Crippen molar-refractivity contribution in [3.63, 3.8) is 0 Å². The van der Waals surface area contributed by atoms with Crippen LogP contribution in [0.1, 0.15) is 21.5 Å². The predicted octanol–water partition coefficient (Wildman–Crippen LogP) is 2.62. The average molecular weight is 303 g/mol. The molecule has 1 aliphatic heterocycles. The first kappa shape index (κ1) is 15.2. The van der Waals surface area contributed by atoms with Gasteiger partial charge < -0.3 is 9.80 Å². The van der Waals surface area contributed by atoms with Gasteiger partial charge in [0.05, 0.1) is 10.6 Å². The van der Waals surface area contributed by atoms with Gasteiger partial charge in [-0.05, 0) is 26.5 Å². The molecule has 0 spiro atoms. The number of hydrogen-bond acceptors (Lipinski definition) is 2. The summed E-state index contributed by atoms with van der Waals surface area (Å²) in [4.78, 5) is 16.0. The van der Waals surface area contributed by atoms with Crippen molar-refractivity contribution in [1.82, 2.24) is 9.80 Å². The third-order valence-corrected chi connectivity index (χ3v) is 4.35. The van der Waals surface area contributed by atoms with E-state index in [1.54, 1.807) is 6.92 Å². The van der Waals surface area contributed by atoms with E-state index in [1.807, 2.05) is 7.05 Å². The molecule has 1 aromatic rings. The Morgan fingerprint density at radius 3 is 2.15 bits per heavy atom. The summed E-state index contributed by atoms with van der Waals surface area (Å²) in [5.74, 6) is -2.64. The van der Waals surface area contributed by atoms with Crippen LogP contribution in [0.25, 0.3) is 0 Å². The zero-order valence-electron chi connectivity index (χ0n) is 11.8. The van der Waals surface area contributed by atoms with E-state index in [2.05, 4.69) is 4.90 Å². The van der Waals surface area contributed by atoms with Gasteiger partial charge in [0.1, 0.15) is 0 Å². The monoisotopic (exact) mass is 302 g/mol. The van der Waals surface area contributed by atoms with E-state index in [1.165, 1.54) is 11.8 Å². The molecule has 1 aromatic carbocycles. The number of halogens is 3. The van der Waals surface area contributed by atoms with E-state index < -0.39 is 17.5 Å². The van der Waals surface area contributed by atoms with Gasteiger partial charge in [-0.2, -0.15) is 0 Å². The molecule has 1 aliphatic rings. The Morgan fingerprint density at radius 2 is 1.60 bits per heavy atom. The standard InChI is InChI=1S/C14H17ClF2N2O/c1-8-10(13(17)12(16)9(2)11(8)15)14(20)19-6-4-18(3)5-7-19/h4-7H2,1-3H3. The van der Waals surface area contributed by atoms with Crippen molar-refractivity contribution in [2.75, 3.05) is 33.2 Å². The van der Waals surface area contributed by atoms with Crippen LogP contribution in [0, 0.1) is 25.5 Å². The van der Waals surface area contributed by atoms with Gasteiger partial charge in [-0.25, -0.2) is 8.78 Å². The summed E-state index contributed by atoms with van der Waals surface area (Å²) in [6.07, 6.45) is 0. The second-order valence-electron chi connectivity index (χ2n) is 5.16. The molecule has 0 aromatic heterocycles. The minimum absolute atomic E-state index is 0.0385. The number of carbonyl (C=O) groups is 1. The molecule has 0 N–H and O–H groups in total. The second kappa shape index (κ2) is 5.66. The molecule has 0 radical (unpaired) electrons. The van der Waals surface area contributed by atoms with Crippen LogP contribution in [-0.2, 0) is 0 Å². The fraction of sp³-hybridized carbons (Fsp3) is 0.500. The average Bonchev–Trinajstić information content (AvgIpc) is 2.44. The summed E-state index contributed by atoms with van der Waals surface area (Å²) in [5, 5.41) is 0.112. The smallest absolute Gasteiger partial charge is 0.257 e. The van der Waals surface area contributed by atoms with Crippen molar-refractivity contribution in [3.8, 4) is 0 Å². The number of nitrogens with zero attached hydrogens (tertiary/aromatic N) is 2. The minimum atomic E-state index is -1.10. The zero-order valence-corrected chi connectivity index (χ0v) is 12.5. The highest BCUT2D eigenvalue weighted by molar-refractivity contribution is 6.32. The highest BCUT2D eigenvalue weighted by Gasteiger charge is 2.28. The molecular weight excluding hydrogens is 286 g/mol. The molecule has 0 aliphatic carbocycles. The Balaban J connectivity index is 2.40. The fourth-order valence-corrected chi connectivity index (χ4v) is 2.53. The summed E-state index contributed by atoms with van der Waals surface area (Å²) in [6, 6.07) is 0.